The minimum absolute atomic E-state index is 0.0808. The van der Waals surface area contributed by atoms with E-state index in [1.54, 1.807) is 6.92 Å². The molecule has 2 N–H and O–H groups in total. The predicted octanol–water partition coefficient (Wildman–Crippen LogP) is 2.61. The highest BCUT2D eigenvalue weighted by atomic mass is 32.2. The Balaban J connectivity index is 2.17. The van der Waals surface area contributed by atoms with E-state index >= 15 is 0 Å². The first kappa shape index (κ1) is 15.5. The van der Waals surface area contributed by atoms with Gasteiger partial charge in [-0.1, -0.05) is 12.8 Å². The molecular weight excluding hydrogens is 298 g/mol. The first-order valence-electron chi connectivity index (χ1n) is 6.67. The van der Waals surface area contributed by atoms with Crippen molar-refractivity contribution < 1.29 is 18.3 Å². The summed E-state index contributed by atoms with van der Waals surface area (Å²) < 4.78 is 27.4. The first-order valence-corrected chi connectivity index (χ1v) is 8.97. The van der Waals surface area contributed by atoms with Crippen LogP contribution in [0.1, 0.15) is 47.8 Å². The van der Waals surface area contributed by atoms with Crippen LogP contribution in [0.4, 0.5) is 0 Å². The van der Waals surface area contributed by atoms with Gasteiger partial charge in [-0.3, -0.25) is 0 Å². The summed E-state index contributed by atoms with van der Waals surface area (Å²) in [6.07, 6.45) is 4.40. The standard InChI is InChI=1S/C13H19NO4S2/c1-8-7-11(19-12(8)13(15)16)20(17,18)14-9(2)10-5-3-4-6-10/h7,9-10,14H,3-6H2,1-2H3,(H,15,16). The molecule has 1 heterocycles. The highest BCUT2D eigenvalue weighted by Gasteiger charge is 2.28. The van der Waals surface area contributed by atoms with Gasteiger partial charge in [-0.25, -0.2) is 17.9 Å². The Hall–Kier alpha value is -0.920. The number of thiophene rings is 1. The van der Waals surface area contributed by atoms with Crippen LogP contribution in [0.15, 0.2) is 10.3 Å². The van der Waals surface area contributed by atoms with E-state index in [-0.39, 0.29) is 15.1 Å². The Bertz CT molecular complexity index is 600. The molecule has 0 amide bonds. The fourth-order valence-corrected chi connectivity index (χ4v) is 5.36. The summed E-state index contributed by atoms with van der Waals surface area (Å²) in [5, 5.41) is 8.99. The molecule has 0 aromatic carbocycles. The Morgan fingerprint density at radius 2 is 2.05 bits per heavy atom. The van der Waals surface area contributed by atoms with Gasteiger partial charge in [0.15, 0.2) is 0 Å². The van der Waals surface area contributed by atoms with Crippen LogP contribution in [0, 0.1) is 12.8 Å². The third-order valence-electron chi connectivity index (χ3n) is 3.80. The number of hydrogen-bond donors (Lipinski definition) is 2. The molecular formula is C13H19NO4S2. The Labute approximate surface area is 123 Å². The summed E-state index contributed by atoms with van der Waals surface area (Å²) in [6.45, 7) is 3.49. The average Bonchev–Trinajstić information content (AvgIpc) is 2.96. The zero-order valence-electron chi connectivity index (χ0n) is 11.5. The van der Waals surface area contributed by atoms with Crippen molar-refractivity contribution in [2.24, 2.45) is 5.92 Å². The van der Waals surface area contributed by atoms with Gasteiger partial charge in [-0.05, 0) is 44.2 Å². The van der Waals surface area contributed by atoms with Crippen molar-refractivity contribution in [3.05, 3.63) is 16.5 Å². The molecule has 1 aromatic heterocycles. The van der Waals surface area contributed by atoms with Crippen molar-refractivity contribution in [2.45, 2.75) is 49.8 Å². The second-order valence-corrected chi connectivity index (χ2v) is 8.33. The van der Waals surface area contributed by atoms with E-state index in [0.717, 1.165) is 37.0 Å². The van der Waals surface area contributed by atoms with Crippen molar-refractivity contribution in [1.82, 2.24) is 4.72 Å². The highest BCUT2D eigenvalue weighted by Crippen LogP contribution is 2.30. The molecule has 0 radical (unpaired) electrons. The van der Waals surface area contributed by atoms with Crippen LogP contribution in [0.3, 0.4) is 0 Å². The van der Waals surface area contributed by atoms with Gasteiger partial charge in [0.25, 0.3) is 0 Å². The third-order valence-corrected chi connectivity index (χ3v) is 7.06. The molecule has 1 aliphatic carbocycles. The molecule has 1 unspecified atom stereocenters. The fourth-order valence-electron chi connectivity index (χ4n) is 2.65. The molecule has 7 heteroatoms. The fraction of sp³-hybridized carbons (Fsp3) is 0.615. The van der Waals surface area contributed by atoms with Crippen molar-refractivity contribution in [1.29, 1.82) is 0 Å². The monoisotopic (exact) mass is 317 g/mol. The number of nitrogens with one attached hydrogen (secondary N) is 1. The number of carboxylic acid groups (broad SMARTS) is 1. The number of hydrogen-bond acceptors (Lipinski definition) is 4. The summed E-state index contributed by atoms with van der Waals surface area (Å²) in [4.78, 5) is 11.1. The van der Waals surface area contributed by atoms with Crippen molar-refractivity contribution in [2.75, 3.05) is 0 Å². The molecule has 0 saturated heterocycles. The van der Waals surface area contributed by atoms with E-state index in [1.165, 1.54) is 6.07 Å². The zero-order valence-corrected chi connectivity index (χ0v) is 13.2. The van der Waals surface area contributed by atoms with Crippen molar-refractivity contribution in [3.63, 3.8) is 0 Å². The van der Waals surface area contributed by atoms with Gasteiger partial charge in [0.05, 0.1) is 0 Å². The molecule has 5 nitrogen and oxygen atoms in total. The molecule has 20 heavy (non-hydrogen) atoms. The summed E-state index contributed by atoms with van der Waals surface area (Å²) >= 11 is 0.809. The Morgan fingerprint density at radius 1 is 1.45 bits per heavy atom. The minimum atomic E-state index is -3.63. The summed E-state index contributed by atoms with van der Waals surface area (Å²) in [6, 6.07) is 1.32. The van der Waals surface area contributed by atoms with Crippen LogP contribution < -0.4 is 4.72 Å². The number of sulfonamides is 1. The van der Waals surface area contributed by atoms with Crippen LogP contribution in [-0.2, 0) is 10.0 Å². The van der Waals surface area contributed by atoms with Crippen LogP contribution in [0.5, 0.6) is 0 Å². The van der Waals surface area contributed by atoms with E-state index in [2.05, 4.69) is 4.72 Å². The lowest BCUT2D eigenvalue weighted by Crippen LogP contribution is -2.36. The topological polar surface area (TPSA) is 83.5 Å². The smallest absolute Gasteiger partial charge is 0.346 e. The largest absolute Gasteiger partial charge is 0.477 e. The maximum atomic E-state index is 12.3. The maximum Gasteiger partial charge on any atom is 0.346 e. The molecule has 112 valence electrons. The zero-order chi connectivity index (χ0) is 14.9. The second kappa shape index (κ2) is 5.83. The SMILES string of the molecule is Cc1cc(S(=O)(=O)NC(C)C2CCCC2)sc1C(=O)O. The number of carbonyl (C=O) groups is 1. The summed E-state index contributed by atoms with van der Waals surface area (Å²) in [5.74, 6) is -0.706. The van der Waals surface area contributed by atoms with Gasteiger partial charge >= 0.3 is 5.97 Å². The molecule has 0 aliphatic heterocycles. The number of aryl methyl sites for hydroxylation is 1. The lowest BCUT2D eigenvalue weighted by atomic mass is 10.0. The number of aromatic carboxylic acids is 1. The summed E-state index contributed by atoms with van der Waals surface area (Å²) in [7, 11) is -3.63. The van der Waals surface area contributed by atoms with Gasteiger partial charge in [0.1, 0.15) is 9.09 Å². The molecule has 1 saturated carbocycles. The van der Waals surface area contributed by atoms with Gasteiger partial charge in [-0.2, -0.15) is 0 Å². The molecule has 0 bridgehead atoms. The summed E-state index contributed by atoms with van der Waals surface area (Å²) in [5.41, 5.74) is 0.483. The van der Waals surface area contributed by atoms with Crippen molar-refractivity contribution in [3.8, 4) is 0 Å². The normalized spacial score (nSPS) is 18.3. The molecule has 1 aliphatic rings. The van der Waals surface area contributed by atoms with E-state index in [9.17, 15) is 13.2 Å². The molecule has 0 spiro atoms. The Kier molecular flexibility index (Phi) is 4.51. The molecule has 1 atom stereocenters. The van der Waals surface area contributed by atoms with Gasteiger partial charge in [0.2, 0.25) is 10.0 Å². The second-order valence-electron chi connectivity index (χ2n) is 5.34. The van der Waals surface area contributed by atoms with E-state index in [4.69, 9.17) is 5.11 Å². The molecule has 1 aromatic rings. The number of rotatable bonds is 5. The van der Waals surface area contributed by atoms with Crippen LogP contribution in [0.25, 0.3) is 0 Å². The van der Waals surface area contributed by atoms with Crippen LogP contribution in [-0.4, -0.2) is 25.5 Å². The quantitative estimate of drug-likeness (QED) is 0.874. The molecule has 1 fully saturated rings. The highest BCUT2D eigenvalue weighted by molar-refractivity contribution is 7.91. The molecule has 2 rings (SSSR count). The van der Waals surface area contributed by atoms with Gasteiger partial charge < -0.3 is 5.11 Å². The average molecular weight is 317 g/mol. The minimum Gasteiger partial charge on any atom is -0.477 e. The van der Waals surface area contributed by atoms with E-state index < -0.39 is 16.0 Å². The third kappa shape index (κ3) is 3.21. The Morgan fingerprint density at radius 3 is 2.55 bits per heavy atom. The van der Waals surface area contributed by atoms with E-state index in [0.29, 0.717) is 11.5 Å². The maximum absolute atomic E-state index is 12.3. The van der Waals surface area contributed by atoms with Crippen LogP contribution in [0.2, 0.25) is 0 Å². The van der Waals surface area contributed by atoms with E-state index in [1.807, 2.05) is 6.92 Å². The lowest BCUT2D eigenvalue weighted by Gasteiger charge is -2.19. The first-order chi connectivity index (χ1) is 9.31. The van der Waals surface area contributed by atoms with Gasteiger partial charge in [-0.15, -0.1) is 11.3 Å². The van der Waals surface area contributed by atoms with Crippen LogP contribution >= 0.6 is 11.3 Å². The lowest BCUT2D eigenvalue weighted by molar-refractivity contribution is 0.0701. The van der Waals surface area contributed by atoms with Gasteiger partial charge in [0, 0.05) is 6.04 Å². The predicted molar refractivity (Wildman–Crippen MR) is 77.8 cm³/mol. The number of carboxylic acids is 1. The van der Waals surface area contributed by atoms with Crippen molar-refractivity contribution >= 4 is 27.3 Å².